The van der Waals surface area contributed by atoms with Crippen LogP contribution in [-0.2, 0) is 0 Å². The van der Waals surface area contributed by atoms with Gasteiger partial charge in [-0.15, -0.1) is 0 Å². The predicted octanol–water partition coefficient (Wildman–Crippen LogP) is 3.82. The van der Waals surface area contributed by atoms with Gasteiger partial charge in [0.2, 0.25) is 0 Å². The largest absolute Gasteiger partial charge is 0.463 e. The Labute approximate surface area is 127 Å². The minimum absolute atomic E-state index is 0.0887. The summed E-state index contributed by atoms with van der Waals surface area (Å²) >= 11 is 3.15. The maximum absolute atomic E-state index is 13.7. The molecule has 0 saturated heterocycles. The summed E-state index contributed by atoms with van der Waals surface area (Å²) in [6, 6.07) is 9.38. The summed E-state index contributed by atoms with van der Waals surface area (Å²) in [6.07, 6.45) is 1.52. The highest BCUT2D eigenvalue weighted by atomic mass is 79.9. The lowest BCUT2D eigenvalue weighted by Crippen LogP contribution is -2.13. The SMILES string of the molecule is O=C(Nc1ccc(Br)cc1F)c1cc(-c2ccco2)[nH]n1. The number of aromatic amines is 1. The van der Waals surface area contributed by atoms with Gasteiger partial charge >= 0.3 is 0 Å². The summed E-state index contributed by atoms with van der Waals surface area (Å²) in [5.74, 6) is -0.471. The summed E-state index contributed by atoms with van der Waals surface area (Å²) in [7, 11) is 0. The minimum Gasteiger partial charge on any atom is -0.463 e. The zero-order valence-corrected chi connectivity index (χ0v) is 12.1. The molecule has 0 aliphatic rings. The third-order valence-electron chi connectivity index (χ3n) is 2.78. The van der Waals surface area contributed by atoms with Crippen molar-refractivity contribution in [3.8, 4) is 11.5 Å². The Morgan fingerprint density at radius 3 is 2.90 bits per heavy atom. The molecule has 2 N–H and O–H groups in total. The van der Waals surface area contributed by atoms with Crippen LogP contribution in [0.2, 0.25) is 0 Å². The monoisotopic (exact) mass is 349 g/mol. The van der Waals surface area contributed by atoms with Crippen molar-refractivity contribution in [2.24, 2.45) is 0 Å². The van der Waals surface area contributed by atoms with Gasteiger partial charge in [-0.2, -0.15) is 5.10 Å². The zero-order chi connectivity index (χ0) is 14.8. The van der Waals surface area contributed by atoms with Crippen LogP contribution in [0.15, 0.2) is 51.6 Å². The number of hydrogen-bond acceptors (Lipinski definition) is 3. The molecule has 0 aliphatic carbocycles. The van der Waals surface area contributed by atoms with E-state index < -0.39 is 11.7 Å². The molecule has 2 heterocycles. The van der Waals surface area contributed by atoms with Crippen LogP contribution in [0, 0.1) is 5.82 Å². The molecule has 1 aromatic carbocycles. The Balaban J connectivity index is 1.79. The maximum atomic E-state index is 13.7. The highest BCUT2D eigenvalue weighted by Gasteiger charge is 2.14. The molecule has 0 fully saturated rings. The Hall–Kier alpha value is -2.41. The normalized spacial score (nSPS) is 10.6. The Bertz CT molecular complexity index is 783. The second kappa shape index (κ2) is 5.53. The van der Waals surface area contributed by atoms with Gasteiger partial charge in [-0.05, 0) is 30.3 Å². The molecular formula is C14H9BrFN3O2. The second-order valence-corrected chi connectivity index (χ2v) is 5.14. The first kappa shape index (κ1) is 13.6. The lowest BCUT2D eigenvalue weighted by Gasteiger charge is -2.04. The zero-order valence-electron chi connectivity index (χ0n) is 10.6. The van der Waals surface area contributed by atoms with Crippen LogP contribution in [0.3, 0.4) is 0 Å². The van der Waals surface area contributed by atoms with Crippen molar-refractivity contribution in [1.29, 1.82) is 0 Å². The number of anilines is 1. The quantitative estimate of drug-likeness (QED) is 0.754. The number of benzene rings is 1. The summed E-state index contributed by atoms with van der Waals surface area (Å²) in [4.78, 5) is 12.0. The van der Waals surface area contributed by atoms with Crippen molar-refractivity contribution in [1.82, 2.24) is 10.2 Å². The lowest BCUT2D eigenvalue weighted by atomic mass is 10.2. The van der Waals surface area contributed by atoms with Crippen molar-refractivity contribution in [3.63, 3.8) is 0 Å². The van der Waals surface area contributed by atoms with Gasteiger partial charge in [0.15, 0.2) is 11.5 Å². The predicted molar refractivity (Wildman–Crippen MR) is 78.3 cm³/mol. The molecule has 3 rings (SSSR count). The first-order valence-corrected chi connectivity index (χ1v) is 6.78. The first-order valence-electron chi connectivity index (χ1n) is 5.99. The molecule has 0 atom stereocenters. The molecule has 3 aromatic rings. The van der Waals surface area contributed by atoms with E-state index in [9.17, 15) is 9.18 Å². The van der Waals surface area contributed by atoms with Gasteiger partial charge in [0.05, 0.1) is 12.0 Å². The number of nitrogens with one attached hydrogen (secondary N) is 2. The van der Waals surface area contributed by atoms with Crippen LogP contribution < -0.4 is 5.32 Å². The highest BCUT2D eigenvalue weighted by Crippen LogP contribution is 2.21. The third kappa shape index (κ3) is 2.87. The number of carbonyl (C=O) groups excluding carboxylic acids is 1. The fourth-order valence-electron chi connectivity index (χ4n) is 1.77. The van der Waals surface area contributed by atoms with E-state index in [0.29, 0.717) is 15.9 Å². The van der Waals surface area contributed by atoms with Crippen LogP contribution in [0.25, 0.3) is 11.5 Å². The number of aromatic nitrogens is 2. The number of amides is 1. The van der Waals surface area contributed by atoms with Crippen LogP contribution in [0.1, 0.15) is 10.5 Å². The van der Waals surface area contributed by atoms with E-state index >= 15 is 0 Å². The molecule has 21 heavy (non-hydrogen) atoms. The molecule has 0 unspecified atom stereocenters. The lowest BCUT2D eigenvalue weighted by molar-refractivity contribution is 0.102. The second-order valence-electron chi connectivity index (χ2n) is 4.22. The van der Waals surface area contributed by atoms with Crippen LogP contribution >= 0.6 is 15.9 Å². The fraction of sp³-hybridized carbons (Fsp3) is 0. The molecule has 0 saturated carbocycles. The number of carbonyl (C=O) groups is 1. The van der Waals surface area contributed by atoms with E-state index in [-0.39, 0.29) is 11.4 Å². The number of H-pyrrole nitrogens is 1. The molecule has 5 nitrogen and oxygen atoms in total. The van der Waals surface area contributed by atoms with E-state index in [4.69, 9.17) is 4.42 Å². The minimum atomic E-state index is -0.528. The summed E-state index contributed by atoms with van der Waals surface area (Å²) in [6.45, 7) is 0. The molecule has 7 heteroatoms. The Morgan fingerprint density at radius 1 is 1.33 bits per heavy atom. The van der Waals surface area contributed by atoms with E-state index in [1.54, 1.807) is 18.2 Å². The van der Waals surface area contributed by atoms with Crippen molar-refractivity contribution < 1.29 is 13.6 Å². The van der Waals surface area contributed by atoms with Gasteiger partial charge in [-0.25, -0.2) is 4.39 Å². The van der Waals surface area contributed by atoms with E-state index in [1.165, 1.54) is 24.5 Å². The van der Waals surface area contributed by atoms with Crippen LogP contribution in [0.5, 0.6) is 0 Å². The highest BCUT2D eigenvalue weighted by molar-refractivity contribution is 9.10. The van der Waals surface area contributed by atoms with Gasteiger partial charge < -0.3 is 9.73 Å². The van der Waals surface area contributed by atoms with Gasteiger partial charge in [0.1, 0.15) is 11.5 Å². The number of hydrogen-bond donors (Lipinski definition) is 2. The molecule has 1 amide bonds. The van der Waals surface area contributed by atoms with Crippen LogP contribution in [-0.4, -0.2) is 16.1 Å². The summed E-state index contributed by atoms with van der Waals surface area (Å²) in [5.41, 5.74) is 0.802. The molecule has 106 valence electrons. The summed E-state index contributed by atoms with van der Waals surface area (Å²) in [5, 5.41) is 9.04. The average molecular weight is 350 g/mol. The van der Waals surface area contributed by atoms with E-state index in [2.05, 4.69) is 31.4 Å². The average Bonchev–Trinajstić information content (AvgIpc) is 3.10. The number of nitrogens with zero attached hydrogens (tertiary/aromatic N) is 1. The molecule has 0 radical (unpaired) electrons. The number of halogens is 2. The van der Waals surface area contributed by atoms with Gasteiger partial charge in [0.25, 0.3) is 5.91 Å². The van der Waals surface area contributed by atoms with E-state index in [1.807, 2.05) is 0 Å². The topological polar surface area (TPSA) is 70.9 Å². The smallest absolute Gasteiger partial charge is 0.276 e. The van der Waals surface area contributed by atoms with Crippen molar-refractivity contribution in [2.75, 3.05) is 5.32 Å². The fourth-order valence-corrected chi connectivity index (χ4v) is 2.11. The Kier molecular flexibility index (Phi) is 3.57. The van der Waals surface area contributed by atoms with Gasteiger partial charge in [0, 0.05) is 10.5 Å². The molecule has 0 spiro atoms. The standard InChI is InChI=1S/C14H9BrFN3O2/c15-8-3-4-10(9(16)6-8)17-14(20)12-7-11(18-19-12)13-2-1-5-21-13/h1-7H,(H,17,20)(H,18,19). The number of furan rings is 1. The maximum Gasteiger partial charge on any atom is 0.276 e. The number of rotatable bonds is 3. The Morgan fingerprint density at radius 2 is 2.19 bits per heavy atom. The molecule has 2 aromatic heterocycles. The van der Waals surface area contributed by atoms with E-state index in [0.717, 1.165) is 0 Å². The van der Waals surface area contributed by atoms with Gasteiger partial charge in [-0.3, -0.25) is 9.89 Å². The molecular weight excluding hydrogens is 341 g/mol. The first-order chi connectivity index (χ1) is 10.1. The third-order valence-corrected chi connectivity index (χ3v) is 3.27. The van der Waals surface area contributed by atoms with Crippen LogP contribution in [0.4, 0.5) is 10.1 Å². The molecule has 0 bridgehead atoms. The van der Waals surface area contributed by atoms with Crippen molar-refractivity contribution in [2.45, 2.75) is 0 Å². The van der Waals surface area contributed by atoms with Crippen molar-refractivity contribution >= 4 is 27.5 Å². The summed E-state index contributed by atoms with van der Waals surface area (Å²) < 4.78 is 19.5. The van der Waals surface area contributed by atoms with Crippen molar-refractivity contribution in [3.05, 3.63) is 58.6 Å². The van der Waals surface area contributed by atoms with Gasteiger partial charge in [-0.1, -0.05) is 15.9 Å². The molecule has 0 aliphatic heterocycles.